The fraction of sp³-hybridized carbons (Fsp3) is 0.273. The van der Waals surface area contributed by atoms with Crippen LogP contribution in [0.1, 0.15) is 34.9 Å². The van der Waals surface area contributed by atoms with Crippen LogP contribution in [0.15, 0.2) is 55.1 Å². The van der Waals surface area contributed by atoms with Crippen molar-refractivity contribution in [1.82, 2.24) is 34.8 Å². The lowest BCUT2D eigenvalue weighted by molar-refractivity contribution is 0.0706. The maximum absolute atomic E-state index is 12.6. The Hall–Kier alpha value is -3.68. The Morgan fingerprint density at radius 1 is 1.07 bits per heavy atom. The van der Waals surface area contributed by atoms with Gasteiger partial charge in [0.25, 0.3) is 5.91 Å². The van der Waals surface area contributed by atoms with Gasteiger partial charge >= 0.3 is 0 Å². The molecule has 0 N–H and O–H groups in total. The van der Waals surface area contributed by atoms with E-state index in [0.29, 0.717) is 24.7 Å². The summed E-state index contributed by atoms with van der Waals surface area (Å²) in [6, 6.07) is 10.2. The molecule has 5 rings (SSSR count). The largest absolute Gasteiger partial charge is 0.337 e. The molecule has 30 heavy (non-hydrogen) atoms. The molecule has 8 heteroatoms. The van der Waals surface area contributed by atoms with Gasteiger partial charge in [0, 0.05) is 61.3 Å². The maximum atomic E-state index is 12.6. The van der Waals surface area contributed by atoms with Gasteiger partial charge in [-0.25, -0.2) is 9.97 Å². The number of rotatable bonds is 3. The van der Waals surface area contributed by atoms with Crippen LogP contribution in [0, 0.1) is 0 Å². The average Bonchev–Trinajstić information content (AvgIpc) is 3.25. The van der Waals surface area contributed by atoms with Gasteiger partial charge in [-0.2, -0.15) is 0 Å². The number of carbonyl (C=O) groups is 1. The molecule has 150 valence electrons. The zero-order valence-corrected chi connectivity index (χ0v) is 16.6. The minimum Gasteiger partial charge on any atom is -0.337 e. The van der Waals surface area contributed by atoms with E-state index in [1.165, 1.54) is 0 Å². The molecule has 0 bridgehead atoms. The number of hydrogen-bond donors (Lipinski definition) is 0. The lowest BCUT2D eigenvalue weighted by Gasteiger charge is -2.31. The highest BCUT2D eigenvalue weighted by Gasteiger charge is 2.26. The minimum atomic E-state index is -0.0571. The van der Waals surface area contributed by atoms with E-state index in [2.05, 4.69) is 38.5 Å². The van der Waals surface area contributed by atoms with E-state index >= 15 is 0 Å². The molecule has 1 fully saturated rings. The molecule has 4 aromatic heterocycles. The number of pyridine rings is 3. The number of fused-ring (bicyclic) bond motifs is 1. The zero-order valence-electron chi connectivity index (χ0n) is 16.6. The Kier molecular flexibility index (Phi) is 4.66. The summed E-state index contributed by atoms with van der Waals surface area (Å²) in [5.74, 6) is 0.264. The van der Waals surface area contributed by atoms with Crippen LogP contribution in [0.4, 0.5) is 0 Å². The third-order valence-electron chi connectivity index (χ3n) is 5.60. The van der Waals surface area contributed by atoms with Gasteiger partial charge in [0.2, 0.25) is 0 Å². The Morgan fingerprint density at radius 2 is 1.87 bits per heavy atom. The summed E-state index contributed by atoms with van der Waals surface area (Å²) in [6.45, 7) is 1.38. The van der Waals surface area contributed by atoms with Crippen molar-refractivity contribution < 1.29 is 4.79 Å². The van der Waals surface area contributed by atoms with Gasteiger partial charge in [0.15, 0.2) is 11.3 Å². The van der Waals surface area contributed by atoms with Crippen molar-refractivity contribution in [3.8, 4) is 11.1 Å². The molecular formula is C22H21N7O. The Balaban J connectivity index is 1.30. The monoisotopic (exact) mass is 399 g/mol. The highest BCUT2D eigenvalue weighted by Crippen LogP contribution is 2.29. The molecule has 1 aliphatic heterocycles. The fourth-order valence-corrected chi connectivity index (χ4v) is 3.94. The second-order valence-corrected chi connectivity index (χ2v) is 7.59. The van der Waals surface area contributed by atoms with Crippen LogP contribution in [0.5, 0.6) is 0 Å². The van der Waals surface area contributed by atoms with Crippen LogP contribution < -0.4 is 0 Å². The van der Waals surface area contributed by atoms with E-state index in [0.717, 1.165) is 40.7 Å². The molecule has 0 unspecified atom stereocenters. The number of hydrogen-bond acceptors (Lipinski definition) is 6. The second-order valence-electron chi connectivity index (χ2n) is 7.59. The van der Waals surface area contributed by atoms with Crippen LogP contribution in [0.2, 0.25) is 0 Å². The van der Waals surface area contributed by atoms with Crippen molar-refractivity contribution in [2.45, 2.75) is 18.8 Å². The van der Waals surface area contributed by atoms with Crippen LogP contribution in [0.3, 0.4) is 0 Å². The minimum absolute atomic E-state index is 0.0571. The summed E-state index contributed by atoms with van der Waals surface area (Å²) in [5.41, 5.74) is 4.33. The van der Waals surface area contributed by atoms with Crippen molar-refractivity contribution in [3.63, 3.8) is 0 Å². The van der Waals surface area contributed by atoms with Gasteiger partial charge in [-0.3, -0.25) is 14.5 Å². The average molecular weight is 399 g/mol. The van der Waals surface area contributed by atoms with Crippen LogP contribution in [-0.4, -0.2) is 53.8 Å². The van der Waals surface area contributed by atoms with Crippen LogP contribution in [-0.2, 0) is 7.05 Å². The molecule has 0 radical (unpaired) electrons. The predicted molar refractivity (Wildman–Crippen MR) is 112 cm³/mol. The van der Waals surface area contributed by atoms with Gasteiger partial charge in [0.05, 0.1) is 6.20 Å². The standard InChI is InChI=1S/C22H21N7O/c1-28-14-20(26-27-28)22(30)29-10-6-16(7-11-29)19-3-2-17-12-18(13-24-21(17)25-19)15-4-8-23-9-5-15/h2-5,8-9,12-14,16H,6-7,10-11H2,1H3. The second kappa shape index (κ2) is 7.62. The smallest absolute Gasteiger partial charge is 0.276 e. The summed E-state index contributed by atoms with van der Waals surface area (Å²) < 4.78 is 1.55. The van der Waals surface area contributed by atoms with Crippen LogP contribution >= 0.6 is 0 Å². The molecular weight excluding hydrogens is 378 g/mol. The first-order valence-electron chi connectivity index (χ1n) is 10.00. The third-order valence-corrected chi connectivity index (χ3v) is 5.60. The van der Waals surface area contributed by atoms with Gasteiger partial charge < -0.3 is 4.90 Å². The van der Waals surface area contributed by atoms with E-state index in [4.69, 9.17) is 4.98 Å². The maximum Gasteiger partial charge on any atom is 0.276 e. The number of amides is 1. The molecule has 0 spiro atoms. The fourth-order valence-electron chi connectivity index (χ4n) is 3.94. The third kappa shape index (κ3) is 3.52. The van der Waals surface area contributed by atoms with E-state index in [-0.39, 0.29) is 5.91 Å². The topological polar surface area (TPSA) is 89.7 Å². The summed E-state index contributed by atoms with van der Waals surface area (Å²) in [7, 11) is 1.76. The first-order valence-corrected chi connectivity index (χ1v) is 10.00. The van der Waals surface area contributed by atoms with E-state index in [1.807, 2.05) is 23.2 Å². The number of nitrogens with zero attached hydrogens (tertiary/aromatic N) is 7. The first-order chi connectivity index (χ1) is 14.7. The molecule has 8 nitrogen and oxygen atoms in total. The Bertz CT molecular complexity index is 1200. The molecule has 4 aromatic rings. The number of likely N-dealkylation sites (tertiary alicyclic amines) is 1. The lowest BCUT2D eigenvalue weighted by Crippen LogP contribution is -2.38. The summed E-state index contributed by atoms with van der Waals surface area (Å²) in [6.07, 6.45) is 8.83. The predicted octanol–water partition coefficient (Wildman–Crippen LogP) is 2.84. The summed E-state index contributed by atoms with van der Waals surface area (Å²) >= 11 is 0. The molecule has 1 aliphatic rings. The van der Waals surface area contributed by atoms with Gasteiger partial charge in [-0.15, -0.1) is 5.10 Å². The summed E-state index contributed by atoms with van der Waals surface area (Å²) in [4.78, 5) is 27.9. The Labute approximate surface area is 173 Å². The summed E-state index contributed by atoms with van der Waals surface area (Å²) in [5, 5.41) is 8.79. The molecule has 0 atom stereocenters. The molecule has 0 aliphatic carbocycles. The highest BCUT2D eigenvalue weighted by molar-refractivity contribution is 5.92. The first kappa shape index (κ1) is 18.4. The van der Waals surface area contributed by atoms with Crippen molar-refractivity contribution in [2.24, 2.45) is 7.05 Å². The van der Waals surface area contributed by atoms with E-state index in [9.17, 15) is 4.79 Å². The number of piperidine rings is 1. The van der Waals surface area contributed by atoms with Crippen molar-refractivity contribution in [2.75, 3.05) is 13.1 Å². The molecule has 5 heterocycles. The SMILES string of the molecule is Cn1cc(C(=O)N2CCC(c3ccc4cc(-c5ccncc5)cnc4n3)CC2)nn1. The molecule has 1 amide bonds. The normalized spacial score (nSPS) is 14.9. The van der Waals surface area contributed by atoms with E-state index < -0.39 is 0 Å². The quantitative estimate of drug-likeness (QED) is 0.526. The Morgan fingerprint density at radius 3 is 2.60 bits per heavy atom. The number of aromatic nitrogens is 6. The zero-order chi connectivity index (χ0) is 20.5. The van der Waals surface area contributed by atoms with Crippen molar-refractivity contribution in [1.29, 1.82) is 0 Å². The molecule has 0 aromatic carbocycles. The van der Waals surface area contributed by atoms with Crippen LogP contribution in [0.25, 0.3) is 22.2 Å². The molecule has 1 saturated heterocycles. The van der Waals surface area contributed by atoms with Gasteiger partial charge in [-0.1, -0.05) is 5.21 Å². The van der Waals surface area contributed by atoms with Gasteiger partial charge in [0.1, 0.15) is 0 Å². The lowest BCUT2D eigenvalue weighted by atomic mass is 9.92. The van der Waals surface area contributed by atoms with Crippen molar-refractivity contribution >= 4 is 16.9 Å². The molecule has 0 saturated carbocycles. The number of carbonyl (C=O) groups excluding carboxylic acids is 1. The van der Waals surface area contributed by atoms with Crippen molar-refractivity contribution in [3.05, 3.63) is 66.5 Å². The van der Waals surface area contributed by atoms with E-state index in [1.54, 1.807) is 30.3 Å². The highest BCUT2D eigenvalue weighted by atomic mass is 16.2. The number of aryl methyl sites for hydroxylation is 1. The van der Waals surface area contributed by atoms with Gasteiger partial charge in [-0.05, 0) is 48.7 Å².